The van der Waals surface area contributed by atoms with E-state index in [1.165, 1.54) is 0 Å². The van der Waals surface area contributed by atoms with Crippen LogP contribution < -0.4 is 5.41 Å². The highest BCUT2D eigenvalue weighted by Crippen LogP contribution is 2.08. The summed E-state index contributed by atoms with van der Waals surface area (Å²) in [6, 6.07) is 0. The maximum atomic E-state index is 10.5. The van der Waals surface area contributed by atoms with Crippen molar-refractivity contribution in [3.8, 4) is 0 Å². The van der Waals surface area contributed by atoms with Crippen molar-refractivity contribution < 1.29 is 13.2 Å². The third-order valence-electron chi connectivity index (χ3n) is 0.146. The molecule has 0 aliphatic rings. The molecule has 0 heterocycles. The molecule has 4 heteroatoms. The molecule has 0 aliphatic carbocycles. The third kappa shape index (κ3) is 3.46. The fourth-order valence-corrected chi connectivity index (χ4v) is 0. The standard InChI is InChI=1S/C2HF3N/c3-2(4,5)1-6/h1H. The molecule has 0 aromatic carbocycles. The Hall–Kier alpha value is -0.540. The molecule has 0 saturated carbocycles. The van der Waals surface area contributed by atoms with Gasteiger partial charge in [0, 0.05) is 0 Å². The highest BCUT2D eigenvalue weighted by atomic mass is 19.4. The number of nitrogens with zero attached hydrogens (tertiary/aromatic N) is 1. The molecule has 0 aromatic rings. The Balaban J connectivity index is 3.45. The lowest BCUT2D eigenvalue weighted by atomic mass is 10.7. The molecule has 0 unspecified atom stereocenters. The van der Waals surface area contributed by atoms with E-state index in [-0.39, 0.29) is 0 Å². The minimum Gasteiger partial charge on any atom is -0.165 e. The van der Waals surface area contributed by atoms with Gasteiger partial charge < -0.3 is 0 Å². The van der Waals surface area contributed by atoms with Gasteiger partial charge in [0.25, 0.3) is 0 Å². The average molecular weight is 96.0 g/mol. The highest BCUT2D eigenvalue weighted by Gasteiger charge is 2.22. The third-order valence-corrected chi connectivity index (χ3v) is 0.146. The van der Waals surface area contributed by atoms with Crippen LogP contribution in [-0.4, -0.2) is 12.4 Å². The second kappa shape index (κ2) is 1.28. The van der Waals surface area contributed by atoms with Gasteiger partial charge in [0.15, 0.2) is 0 Å². The van der Waals surface area contributed by atoms with E-state index in [4.69, 9.17) is 5.41 Å². The first-order valence-electron chi connectivity index (χ1n) is 1.11. The first-order chi connectivity index (χ1) is 2.56. The number of halogens is 3. The van der Waals surface area contributed by atoms with Crippen LogP contribution in [0.25, 0.3) is 0 Å². The predicted octanol–water partition coefficient (Wildman–Crippen LogP) is 0.420. The Kier molecular flexibility index (Phi) is 1.16. The zero-order chi connectivity index (χ0) is 5.21. The van der Waals surface area contributed by atoms with Gasteiger partial charge in [-0.25, -0.2) is 0 Å². The zero-order valence-corrected chi connectivity index (χ0v) is 2.66. The van der Waals surface area contributed by atoms with Crippen molar-refractivity contribution in [1.82, 2.24) is 5.41 Å². The normalized spacial score (nSPS) is 11.2. The van der Waals surface area contributed by atoms with Crippen molar-refractivity contribution in [3.63, 3.8) is 0 Å². The molecule has 0 fully saturated rings. The summed E-state index contributed by atoms with van der Waals surface area (Å²) in [5, 5.41) is 7.15. The molecule has 0 saturated heterocycles. The van der Waals surface area contributed by atoms with Crippen LogP contribution in [0.3, 0.4) is 0 Å². The van der Waals surface area contributed by atoms with Gasteiger partial charge >= 0.3 is 6.18 Å². The topological polar surface area (TPSA) is 22.3 Å². The van der Waals surface area contributed by atoms with Crippen LogP contribution in [0.5, 0.6) is 0 Å². The molecule has 0 bridgehead atoms. The van der Waals surface area contributed by atoms with Gasteiger partial charge in [0.1, 0.15) is 6.21 Å². The smallest absolute Gasteiger partial charge is 0.165 e. The summed E-state index contributed by atoms with van der Waals surface area (Å²) in [5.41, 5.74) is 0. The maximum Gasteiger partial charge on any atom is 0.428 e. The number of alkyl halides is 3. The summed E-state index contributed by atoms with van der Waals surface area (Å²) < 4.78 is 31.4. The van der Waals surface area contributed by atoms with Gasteiger partial charge in [-0.1, -0.05) is 0 Å². The quantitative estimate of drug-likeness (QED) is 0.390. The Labute approximate surface area is 32.3 Å². The van der Waals surface area contributed by atoms with Crippen molar-refractivity contribution >= 4 is 6.21 Å². The van der Waals surface area contributed by atoms with Crippen molar-refractivity contribution in [3.05, 3.63) is 0 Å². The van der Waals surface area contributed by atoms with Gasteiger partial charge in [-0.05, 0) is 0 Å². The maximum absolute atomic E-state index is 10.5. The Morgan fingerprint density at radius 2 is 1.50 bits per heavy atom. The lowest BCUT2D eigenvalue weighted by molar-refractivity contribution is -0.0535. The monoisotopic (exact) mass is 96.0 g/mol. The SMILES string of the molecule is [N]=CC(F)(F)F. The molecule has 1 nitrogen and oxygen atoms in total. The van der Waals surface area contributed by atoms with E-state index in [2.05, 4.69) is 0 Å². The van der Waals surface area contributed by atoms with Crippen LogP contribution in [-0.2, 0) is 0 Å². The van der Waals surface area contributed by atoms with E-state index in [1.807, 2.05) is 0 Å². The lowest BCUT2D eigenvalue weighted by Crippen LogP contribution is -2.08. The highest BCUT2D eigenvalue weighted by molar-refractivity contribution is 5.61. The summed E-state index contributed by atoms with van der Waals surface area (Å²) >= 11 is 0. The van der Waals surface area contributed by atoms with E-state index in [9.17, 15) is 13.2 Å². The van der Waals surface area contributed by atoms with Crippen LogP contribution in [0, 0.1) is 0 Å². The molecule has 0 spiro atoms. The fraction of sp³-hybridized carbons (Fsp3) is 0.500. The van der Waals surface area contributed by atoms with Crippen LogP contribution in [0.4, 0.5) is 13.2 Å². The van der Waals surface area contributed by atoms with Gasteiger partial charge in [0.2, 0.25) is 0 Å². The van der Waals surface area contributed by atoms with Gasteiger partial charge in [-0.15, -0.1) is 0 Å². The first kappa shape index (κ1) is 5.46. The Bertz CT molecular complexity index is 54.3. The summed E-state index contributed by atoms with van der Waals surface area (Å²) in [7, 11) is 0. The number of hydrogen-bond donors (Lipinski definition) is 0. The van der Waals surface area contributed by atoms with Crippen LogP contribution in [0.1, 0.15) is 0 Å². The molecule has 35 valence electrons. The van der Waals surface area contributed by atoms with Crippen molar-refractivity contribution in [1.29, 1.82) is 0 Å². The minimum absolute atomic E-state index is 0.812. The Morgan fingerprint density at radius 3 is 1.50 bits per heavy atom. The molecule has 1 radical (unpaired) electrons. The van der Waals surface area contributed by atoms with Crippen molar-refractivity contribution in [2.75, 3.05) is 0 Å². The zero-order valence-electron chi connectivity index (χ0n) is 2.66. The van der Waals surface area contributed by atoms with Gasteiger partial charge in [0.05, 0.1) is 0 Å². The Morgan fingerprint density at radius 1 is 1.33 bits per heavy atom. The van der Waals surface area contributed by atoms with Crippen LogP contribution >= 0.6 is 0 Å². The molecular formula is C2HF3N. The minimum atomic E-state index is -4.53. The molecule has 0 rings (SSSR count). The van der Waals surface area contributed by atoms with E-state index in [0.717, 1.165) is 0 Å². The predicted molar refractivity (Wildman–Crippen MR) is 14.3 cm³/mol. The average Bonchev–Trinajstić information content (AvgIpc) is 1.35. The molecule has 0 atom stereocenters. The molecule has 0 aliphatic heterocycles. The van der Waals surface area contributed by atoms with Crippen LogP contribution in [0.2, 0.25) is 0 Å². The summed E-state index contributed by atoms with van der Waals surface area (Å²) in [6.45, 7) is 0. The van der Waals surface area contributed by atoms with Crippen LogP contribution in [0.15, 0.2) is 0 Å². The largest absolute Gasteiger partial charge is 0.428 e. The van der Waals surface area contributed by atoms with Gasteiger partial charge in [-0.2, -0.15) is 18.6 Å². The van der Waals surface area contributed by atoms with Gasteiger partial charge in [-0.3, -0.25) is 0 Å². The number of rotatable bonds is 0. The second-order valence-electron chi connectivity index (χ2n) is 0.671. The molecule has 0 amide bonds. The molecule has 0 N–H and O–H groups in total. The molecule has 0 aromatic heterocycles. The van der Waals surface area contributed by atoms with E-state index in [0.29, 0.717) is 0 Å². The molecular weight excluding hydrogens is 95.0 g/mol. The first-order valence-corrected chi connectivity index (χ1v) is 1.11. The fourth-order valence-electron chi connectivity index (χ4n) is 0. The van der Waals surface area contributed by atoms with E-state index in [1.54, 1.807) is 0 Å². The van der Waals surface area contributed by atoms with E-state index >= 15 is 0 Å². The second-order valence-corrected chi connectivity index (χ2v) is 0.671. The summed E-state index contributed by atoms with van der Waals surface area (Å²) in [6.07, 6.45) is -5.34. The summed E-state index contributed by atoms with van der Waals surface area (Å²) in [4.78, 5) is 0. The van der Waals surface area contributed by atoms with E-state index < -0.39 is 12.4 Å². The lowest BCUT2D eigenvalue weighted by Gasteiger charge is -1.89. The number of hydrogen-bond acceptors (Lipinski definition) is 0. The van der Waals surface area contributed by atoms with Crippen molar-refractivity contribution in [2.45, 2.75) is 6.18 Å². The van der Waals surface area contributed by atoms with Crippen molar-refractivity contribution in [2.24, 2.45) is 0 Å². The molecule has 6 heavy (non-hydrogen) atoms. The summed E-state index contributed by atoms with van der Waals surface area (Å²) in [5.74, 6) is 0.